The number of esters is 1. The molecular formula is C18H19ClN2O5. The molecule has 2 rings (SSSR count). The predicted molar refractivity (Wildman–Crippen MR) is 98.9 cm³/mol. The van der Waals surface area contributed by atoms with Gasteiger partial charge in [0.2, 0.25) is 0 Å². The van der Waals surface area contributed by atoms with E-state index in [4.69, 9.17) is 31.5 Å². The smallest absolute Gasteiger partial charge is 0.341 e. The fourth-order valence-electron chi connectivity index (χ4n) is 2.15. The van der Waals surface area contributed by atoms with Crippen LogP contribution in [0.1, 0.15) is 17.3 Å². The Morgan fingerprint density at radius 3 is 2.38 bits per heavy atom. The number of hydrogen-bond donors (Lipinski definition) is 2. The van der Waals surface area contributed by atoms with Gasteiger partial charge in [-0.05, 0) is 37.3 Å². The molecule has 0 spiro atoms. The van der Waals surface area contributed by atoms with Gasteiger partial charge in [-0.1, -0.05) is 11.6 Å². The van der Waals surface area contributed by atoms with E-state index in [2.05, 4.69) is 5.32 Å². The van der Waals surface area contributed by atoms with Gasteiger partial charge >= 0.3 is 5.97 Å². The van der Waals surface area contributed by atoms with Crippen molar-refractivity contribution in [1.29, 1.82) is 0 Å². The van der Waals surface area contributed by atoms with E-state index in [-0.39, 0.29) is 11.3 Å². The number of halogens is 1. The molecule has 0 fully saturated rings. The molecule has 0 heterocycles. The van der Waals surface area contributed by atoms with Crippen molar-refractivity contribution in [3.05, 3.63) is 47.0 Å². The summed E-state index contributed by atoms with van der Waals surface area (Å²) in [6.07, 6.45) is -1.04. The molecule has 1 amide bonds. The molecule has 2 aromatic carbocycles. The van der Waals surface area contributed by atoms with E-state index in [0.29, 0.717) is 22.2 Å². The number of carbonyl (C=O) groups is 2. The molecule has 0 bridgehead atoms. The third-order valence-electron chi connectivity index (χ3n) is 3.54. The van der Waals surface area contributed by atoms with Crippen LogP contribution in [0, 0.1) is 0 Å². The van der Waals surface area contributed by atoms with E-state index >= 15 is 0 Å². The maximum Gasteiger partial charge on any atom is 0.341 e. The molecule has 0 aliphatic heterocycles. The molecule has 0 aliphatic rings. The number of hydrogen-bond acceptors (Lipinski definition) is 6. The standard InChI is InChI=1S/C18H19ClN2O5/c1-10(26-18(23)13-6-4-11(19)8-14(13)20)17(22)21-12-5-7-15(24-2)16(9-12)25-3/h4-10H,20H2,1-3H3,(H,21,22)/t10-/m0/s1. The third-order valence-corrected chi connectivity index (χ3v) is 3.77. The molecule has 0 radical (unpaired) electrons. The number of benzene rings is 2. The molecule has 2 aromatic rings. The minimum Gasteiger partial charge on any atom is -0.493 e. The minimum atomic E-state index is -1.04. The van der Waals surface area contributed by atoms with Crippen LogP contribution in [0.25, 0.3) is 0 Å². The first-order valence-corrected chi connectivity index (χ1v) is 8.02. The van der Waals surface area contributed by atoms with E-state index < -0.39 is 18.0 Å². The van der Waals surface area contributed by atoms with Crippen LogP contribution in [0.5, 0.6) is 11.5 Å². The van der Waals surface area contributed by atoms with E-state index in [0.717, 1.165) is 0 Å². The Kier molecular flexibility index (Phi) is 6.30. The summed E-state index contributed by atoms with van der Waals surface area (Å²) in [5.74, 6) is -0.223. The van der Waals surface area contributed by atoms with Crippen molar-refractivity contribution < 1.29 is 23.8 Å². The second-order valence-corrected chi connectivity index (χ2v) is 5.77. The number of rotatable bonds is 6. The summed E-state index contributed by atoms with van der Waals surface area (Å²) >= 11 is 5.80. The van der Waals surface area contributed by atoms with Crippen LogP contribution in [-0.2, 0) is 9.53 Å². The van der Waals surface area contributed by atoms with E-state index in [9.17, 15) is 9.59 Å². The minimum absolute atomic E-state index is 0.139. The Morgan fingerprint density at radius 1 is 1.08 bits per heavy atom. The topological polar surface area (TPSA) is 99.9 Å². The summed E-state index contributed by atoms with van der Waals surface area (Å²) in [6.45, 7) is 1.46. The summed E-state index contributed by atoms with van der Waals surface area (Å²) in [7, 11) is 3.00. The largest absolute Gasteiger partial charge is 0.493 e. The van der Waals surface area contributed by atoms with Crippen LogP contribution in [-0.4, -0.2) is 32.2 Å². The van der Waals surface area contributed by atoms with E-state index in [1.807, 2.05) is 0 Å². The molecule has 8 heteroatoms. The summed E-state index contributed by atoms with van der Waals surface area (Å²) in [5, 5.41) is 3.05. The molecule has 0 aliphatic carbocycles. The van der Waals surface area contributed by atoms with Gasteiger partial charge in [0.25, 0.3) is 5.91 Å². The third kappa shape index (κ3) is 4.58. The first-order chi connectivity index (χ1) is 12.3. The average Bonchev–Trinajstić information content (AvgIpc) is 2.61. The number of anilines is 2. The van der Waals surface area contributed by atoms with Gasteiger partial charge < -0.3 is 25.3 Å². The van der Waals surface area contributed by atoms with Gasteiger partial charge in [0.05, 0.1) is 19.8 Å². The van der Waals surface area contributed by atoms with Crippen molar-refractivity contribution in [2.75, 3.05) is 25.3 Å². The SMILES string of the molecule is COc1ccc(NC(=O)[C@H](C)OC(=O)c2ccc(Cl)cc2N)cc1OC. The van der Waals surface area contributed by atoms with Crippen LogP contribution in [0.4, 0.5) is 11.4 Å². The fourth-order valence-corrected chi connectivity index (χ4v) is 2.34. The highest BCUT2D eigenvalue weighted by Crippen LogP contribution is 2.29. The quantitative estimate of drug-likeness (QED) is 0.591. The number of ether oxygens (including phenoxy) is 3. The Morgan fingerprint density at radius 2 is 1.77 bits per heavy atom. The summed E-state index contributed by atoms with van der Waals surface area (Å²) in [6, 6.07) is 9.29. The lowest BCUT2D eigenvalue weighted by molar-refractivity contribution is -0.123. The van der Waals surface area contributed by atoms with Crippen molar-refractivity contribution in [1.82, 2.24) is 0 Å². The van der Waals surface area contributed by atoms with Crippen molar-refractivity contribution in [3.8, 4) is 11.5 Å². The highest BCUT2D eigenvalue weighted by Gasteiger charge is 2.21. The maximum atomic E-state index is 12.3. The van der Waals surface area contributed by atoms with Gasteiger partial charge in [-0.2, -0.15) is 0 Å². The molecular weight excluding hydrogens is 360 g/mol. The zero-order chi connectivity index (χ0) is 19.3. The van der Waals surface area contributed by atoms with Gasteiger partial charge in [-0.15, -0.1) is 0 Å². The lowest BCUT2D eigenvalue weighted by atomic mass is 10.2. The second kappa shape index (κ2) is 8.44. The Balaban J connectivity index is 2.04. The molecule has 0 unspecified atom stereocenters. The summed E-state index contributed by atoms with van der Waals surface area (Å²) in [4.78, 5) is 24.4. The maximum absolute atomic E-state index is 12.3. The zero-order valence-corrected chi connectivity index (χ0v) is 15.3. The van der Waals surface area contributed by atoms with Gasteiger partial charge in [0, 0.05) is 22.5 Å². The van der Waals surface area contributed by atoms with Crippen LogP contribution >= 0.6 is 11.6 Å². The van der Waals surface area contributed by atoms with Crippen molar-refractivity contribution in [2.45, 2.75) is 13.0 Å². The zero-order valence-electron chi connectivity index (χ0n) is 14.5. The fraction of sp³-hybridized carbons (Fsp3) is 0.222. The Bertz CT molecular complexity index is 825. The first kappa shape index (κ1) is 19.4. The number of nitrogen functional groups attached to an aromatic ring is 1. The highest BCUT2D eigenvalue weighted by molar-refractivity contribution is 6.31. The van der Waals surface area contributed by atoms with Crippen LogP contribution in [0.15, 0.2) is 36.4 Å². The number of methoxy groups -OCH3 is 2. The number of amides is 1. The van der Waals surface area contributed by atoms with Gasteiger partial charge in [-0.25, -0.2) is 4.79 Å². The average molecular weight is 379 g/mol. The molecule has 138 valence electrons. The number of nitrogens with two attached hydrogens (primary N) is 1. The number of nitrogens with one attached hydrogen (secondary N) is 1. The Hall–Kier alpha value is -2.93. The summed E-state index contributed by atoms with van der Waals surface area (Å²) in [5.41, 5.74) is 6.53. The van der Waals surface area contributed by atoms with E-state index in [1.165, 1.54) is 39.3 Å². The monoisotopic (exact) mass is 378 g/mol. The molecule has 0 saturated heterocycles. The molecule has 26 heavy (non-hydrogen) atoms. The molecule has 0 aromatic heterocycles. The van der Waals surface area contributed by atoms with Crippen molar-refractivity contribution in [2.24, 2.45) is 0 Å². The van der Waals surface area contributed by atoms with Gasteiger partial charge in [0.15, 0.2) is 17.6 Å². The lowest BCUT2D eigenvalue weighted by Gasteiger charge is -2.15. The van der Waals surface area contributed by atoms with Crippen LogP contribution < -0.4 is 20.5 Å². The lowest BCUT2D eigenvalue weighted by Crippen LogP contribution is -2.30. The number of carbonyl (C=O) groups excluding carboxylic acids is 2. The molecule has 0 saturated carbocycles. The normalized spacial score (nSPS) is 11.4. The molecule has 7 nitrogen and oxygen atoms in total. The van der Waals surface area contributed by atoms with Crippen LogP contribution in [0.2, 0.25) is 5.02 Å². The van der Waals surface area contributed by atoms with Crippen molar-refractivity contribution >= 4 is 34.9 Å². The molecule has 1 atom stereocenters. The van der Waals surface area contributed by atoms with Crippen LogP contribution in [0.3, 0.4) is 0 Å². The predicted octanol–water partition coefficient (Wildman–Crippen LogP) is 3.12. The first-order valence-electron chi connectivity index (χ1n) is 7.64. The molecule has 3 N–H and O–H groups in total. The summed E-state index contributed by atoms with van der Waals surface area (Å²) < 4.78 is 15.5. The van der Waals surface area contributed by atoms with Crippen molar-refractivity contribution in [3.63, 3.8) is 0 Å². The highest BCUT2D eigenvalue weighted by atomic mass is 35.5. The van der Waals surface area contributed by atoms with Gasteiger partial charge in [-0.3, -0.25) is 4.79 Å². The Labute approximate surface area is 156 Å². The van der Waals surface area contributed by atoms with Gasteiger partial charge in [0.1, 0.15) is 0 Å². The second-order valence-electron chi connectivity index (χ2n) is 5.34. The van der Waals surface area contributed by atoms with E-state index in [1.54, 1.807) is 18.2 Å².